The minimum Gasteiger partial charge on any atom is -0.361 e. The van der Waals surface area contributed by atoms with Crippen molar-refractivity contribution in [2.24, 2.45) is 0 Å². The molecule has 0 saturated carbocycles. The van der Waals surface area contributed by atoms with Crippen molar-refractivity contribution < 1.29 is 4.74 Å². The summed E-state index contributed by atoms with van der Waals surface area (Å²) in [5, 5.41) is 0.104. The van der Waals surface area contributed by atoms with Gasteiger partial charge in [0, 0.05) is 27.8 Å². The van der Waals surface area contributed by atoms with E-state index in [0.717, 1.165) is 37.9 Å². The summed E-state index contributed by atoms with van der Waals surface area (Å²) in [4.78, 5) is 24.5. The second-order valence-corrected chi connectivity index (χ2v) is 14.6. The zero-order valence-corrected chi connectivity index (χ0v) is 19.6. The molecule has 0 radical (unpaired) electrons. The van der Waals surface area contributed by atoms with E-state index in [1.807, 2.05) is 4.57 Å². The third-order valence-corrected chi connectivity index (χ3v) is 7.06. The number of ether oxygens (including phenoxy) is 1. The predicted octanol–water partition coefficient (Wildman–Crippen LogP) is 3.57. The number of imidazole rings is 1. The third kappa shape index (κ3) is 5.21. The molecule has 3 rings (SSSR count). The van der Waals surface area contributed by atoms with Crippen molar-refractivity contribution in [3.05, 3.63) is 15.6 Å². The Morgan fingerprint density at radius 3 is 2.52 bits per heavy atom. The number of piperidine rings is 1. The smallest absolute Gasteiger partial charge is 0.282 e. The first-order valence-corrected chi connectivity index (χ1v) is 14.3. The zero-order chi connectivity index (χ0) is 21.0. The second-order valence-electron chi connectivity index (χ2n) is 8.61. The lowest BCUT2D eigenvalue weighted by Gasteiger charge is -2.27. The molecule has 0 atom stereocenters. The largest absolute Gasteiger partial charge is 0.361 e. The van der Waals surface area contributed by atoms with E-state index in [2.05, 4.69) is 46.3 Å². The molecule has 0 aliphatic carbocycles. The van der Waals surface area contributed by atoms with E-state index in [-0.39, 0.29) is 17.6 Å². The first-order chi connectivity index (χ1) is 13.8. The molecule has 1 aliphatic heterocycles. The Hall–Kier alpha value is -1.82. The van der Waals surface area contributed by atoms with Gasteiger partial charge in [0.2, 0.25) is 11.2 Å². The molecular formula is C20H30ClN5O2Si. The lowest BCUT2D eigenvalue weighted by Crippen LogP contribution is -2.32. The zero-order valence-electron chi connectivity index (χ0n) is 17.8. The highest BCUT2D eigenvalue weighted by molar-refractivity contribution is 6.76. The number of fused-ring (bicyclic) bond motifs is 1. The van der Waals surface area contributed by atoms with E-state index >= 15 is 0 Å². The summed E-state index contributed by atoms with van der Waals surface area (Å²) in [7, 11) is -1.20. The second kappa shape index (κ2) is 9.33. The van der Waals surface area contributed by atoms with Gasteiger partial charge in [-0.25, -0.2) is 0 Å². The van der Waals surface area contributed by atoms with Crippen LogP contribution in [0.4, 0.5) is 5.95 Å². The molecule has 0 N–H and O–H groups in total. The molecule has 1 saturated heterocycles. The Balaban J connectivity index is 1.97. The molecule has 3 heterocycles. The number of hydrogen-bond donors (Lipinski definition) is 0. The average Bonchev–Trinajstić information content (AvgIpc) is 3.03. The normalized spacial score (nSPS) is 14.9. The van der Waals surface area contributed by atoms with Crippen molar-refractivity contribution in [2.45, 2.75) is 65.1 Å². The Labute approximate surface area is 178 Å². The highest BCUT2D eigenvalue weighted by Crippen LogP contribution is 2.23. The maximum atomic E-state index is 13.3. The van der Waals surface area contributed by atoms with Crippen LogP contribution >= 0.6 is 11.6 Å². The summed E-state index contributed by atoms with van der Waals surface area (Å²) in [5.41, 5.74) is 0.574. The van der Waals surface area contributed by atoms with Crippen LogP contribution in [0.1, 0.15) is 26.2 Å². The number of hydrogen-bond acceptors (Lipinski definition) is 5. The molecule has 29 heavy (non-hydrogen) atoms. The van der Waals surface area contributed by atoms with Crippen LogP contribution in [0.3, 0.4) is 0 Å². The molecule has 2 aromatic rings. The minimum absolute atomic E-state index is 0.0920. The van der Waals surface area contributed by atoms with Crippen LogP contribution in [0.5, 0.6) is 0 Å². The monoisotopic (exact) mass is 435 g/mol. The predicted molar refractivity (Wildman–Crippen MR) is 120 cm³/mol. The molecule has 0 bridgehead atoms. The van der Waals surface area contributed by atoms with Crippen LogP contribution in [-0.4, -0.2) is 46.9 Å². The maximum absolute atomic E-state index is 13.3. The van der Waals surface area contributed by atoms with E-state index in [0.29, 0.717) is 24.3 Å². The van der Waals surface area contributed by atoms with Gasteiger partial charge in [0.1, 0.15) is 6.73 Å². The summed E-state index contributed by atoms with van der Waals surface area (Å²) < 4.78 is 9.01. The van der Waals surface area contributed by atoms with Crippen LogP contribution in [0, 0.1) is 11.8 Å². The van der Waals surface area contributed by atoms with Gasteiger partial charge in [0.05, 0.1) is 6.54 Å². The summed E-state index contributed by atoms with van der Waals surface area (Å²) >= 11 is 6.32. The first kappa shape index (κ1) is 21.9. The van der Waals surface area contributed by atoms with Gasteiger partial charge >= 0.3 is 0 Å². The topological polar surface area (TPSA) is 65.2 Å². The summed E-state index contributed by atoms with van der Waals surface area (Å²) in [6.07, 6.45) is 3.45. The number of aromatic nitrogens is 4. The number of nitrogens with zero attached hydrogens (tertiary/aromatic N) is 5. The molecule has 7 nitrogen and oxygen atoms in total. The van der Waals surface area contributed by atoms with Crippen LogP contribution in [0.15, 0.2) is 4.79 Å². The van der Waals surface area contributed by atoms with Crippen molar-refractivity contribution in [1.29, 1.82) is 0 Å². The van der Waals surface area contributed by atoms with Crippen LogP contribution in [0.2, 0.25) is 31.0 Å². The summed E-state index contributed by atoms with van der Waals surface area (Å²) in [5.74, 6) is 6.72. The molecule has 0 aromatic carbocycles. The lowest BCUT2D eigenvalue weighted by molar-refractivity contribution is 0.0845. The van der Waals surface area contributed by atoms with E-state index in [9.17, 15) is 4.79 Å². The van der Waals surface area contributed by atoms with Gasteiger partial charge in [-0.2, -0.15) is 9.97 Å². The van der Waals surface area contributed by atoms with E-state index < -0.39 is 8.07 Å². The van der Waals surface area contributed by atoms with E-state index in [4.69, 9.17) is 16.3 Å². The van der Waals surface area contributed by atoms with Crippen LogP contribution in [-0.2, 0) is 18.0 Å². The Bertz CT molecular complexity index is 977. The van der Waals surface area contributed by atoms with Gasteiger partial charge in [-0.3, -0.25) is 13.9 Å². The molecule has 0 amide bonds. The van der Waals surface area contributed by atoms with Crippen LogP contribution < -0.4 is 10.5 Å². The molecule has 1 aliphatic rings. The van der Waals surface area contributed by atoms with E-state index in [1.54, 1.807) is 6.92 Å². The fourth-order valence-electron chi connectivity index (χ4n) is 3.37. The van der Waals surface area contributed by atoms with Crippen molar-refractivity contribution in [2.75, 3.05) is 24.6 Å². The van der Waals surface area contributed by atoms with Crippen molar-refractivity contribution >= 4 is 36.8 Å². The molecule has 158 valence electrons. The summed E-state index contributed by atoms with van der Waals surface area (Å²) in [6, 6.07) is 1.03. The third-order valence-electron chi connectivity index (χ3n) is 5.07. The number of rotatable bonds is 7. The molecule has 0 unspecified atom stereocenters. The average molecular weight is 436 g/mol. The SMILES string of the molecule is CC#CCn1c(N2CCCCC2)nc2nc(Cl)n(COCC[Si](C)(C)C)c(=O)c21. The van der Waals surface area contributed by atoms with Crippen molar-refractivity contribution in [1.82, 2.24) is 19.1 Å². The van der Waals surface area contributed by atoms with Gasteiger partial charge in [-0.1, -0.05) is 25.6 Å². The van der Waals surface area contributed by atoms with Gasteiger partial charge < -0.3 is 9.64 Å². The molecule has 0 spiro atoms. The maximum Gasteiger partial charge on any atom is 0.282 e. The lowest BCUT2D eigenvalue weighted by atomic mass is 10.1. The van der Waals surface area contributed by atoms with E-state index in [1.165, 1.54) is 11.0 Å². The summed E-state index contributed by atoms with van der Waals surface area (Å²) in [6.45, 7) is 11.6. The first-order valence-electron chi connectivity index (χ1n) is 10.2. The van der Waals surface area contributed by atoms with Gasteiger partial charge in [0.25, 0.3) is 5.56 Å². The van der Waals surface area contributed by atoms with Crippen molar-refractivity contribution in [3.63, 3.8) is 0 Å². The Morgan fingerprint density at radius 2 is 1.86 bits per heavy atom. The Morgan fingerprint density at radius 1 is 1.14 bits per heavy atom. The van der Waals surface area contributed by atoms with Crippen molar-refractivity contribution in [3.8, 4) is 11.8 Å². The highest BCUT2D eigenvalue weighted by Gasteiger charge is 2.23. The highest BCUT2D eigenvalue weighted by atomic mass is 35.5. The number of anilines is 1. The molecule has 2 aromatic heterocycles. The number of halogens is 1. The van der Waals surface area contributed by atoms with Gasteiger partial charge in [-0.15, -0.1) is 5.92 Å². The molecule has 1 fully saturated rings. The standard InChI is InChI=1S/C20H30ClN5O2Si/c1-5-6-12-25-16-17(23-20(25)24-10-8-7-9-11-24)22-19(21)26(18(16)27)15-28-13-14-29(2,3)4/h7-15H2,1-4H3. The fourth-order valence-corrected chi connectivity index (χ4v) is 4.33. The van der Waals surface area contributed by atoms with Gasteiger partial charge in [0.15, 0.2) is 11.2 Å². The Kier molecular flexibility index (Phi) is 7.04. The fraction of sp³-hybridized carbons (Fsp3) is 0.650. The quantitative estimate of drug-likeness (QED) is 0.288. The molecule has 9 heteroatoms. The minimum atomic E-state index is -1.20. The van der Waals surface area contributed by atoms with Crippen LogP contribution in [0.25, 0.3) is 11.2 Å². The van der Waals surface area contributed by atoms with Gasteiger partial charge in [-0.05, 0) is 43.8 Å². The molecular weight excluding hydrogens is 406 g/mol.